The lowest BCUT2D eigenvalue weighted by molar-refractivity contribution is 0.0526. The number of carbonyl (C=O) groups excluding carboxylic acids is 1. The van der Waals surface area contributed by atoms with Crippen molar-refractivity contribution >= 4 is 23.3 Å². The number of esters is 1. The van der Waals surface area contributed by atoms with Crippen molar-refractivity contribution in [3.8, 4) is 16.3 Å². The van der Waals surface area contributed by atoms with Crippen molar-refractivity contribution < 1.29 is 19.4 Å². The molecule has 0 aliphatic rings. The van der Waals surface area contributed by atoms with E-state index < -0.39 is 11.9 Å². The van der Waals surface area contributed by atoms with Crippen molar-refractivity contribution in [3.05, 3.63) is 59.1 Å². The third kappa shape index (κ3) is 3.07. The highest BCUT2D eigenvalue weighted by Crippen LogP contribution is 2.27. The molecule has 7 heteroatoms. The summed E-state index contributed by atoms with van der Waals surface area (Å²) in [5.41, 5.74) is 1.65. The van der Waals surface area contributed by atoms with E-state index in [1.54, 1.807) is 31.2 Å². The van der Waals surface area contributed by atoms with Crippen LogP contribution < -0.4 is 0 Å². The Morgan fingerprint density at radius 1 is 1.25 bits per heavy atom. The molecule has 0 aliphatic carbocycles. The Balaban J connectivity index is 1.97. The number of aromatic carboxylic acids is 1. The largest absolute Gasteiger partial charge is 0.478 e. The molecule has 0 amide bonds. The average Bonchev–Trinajstić information content (AvgIpc) is 3.24. The standard InChI is InChI=1S/C17H14N2O4S/c1-2-23-17(22)11-5-7-12(8-6-11)19-10-13(16(20)21)15(18-19)14-4-3-9-24-14/h3-10H,2H2,1H3,(H,20,21). The Bertz CT molecular complexity index is 867. The Morgan fingerprint density at radius 3 is 2.58 bits per heavy atom. The van der Waals surface area contributed by atoms with E-state index >= 15 is 0 Å². The van der Waals surface area contributed by atoms with E-state index in [1.807, 2.05) is 17.5 Å². The molecule has 0 spiro atoms. The summed E-state index contributed by atoms with van der Waals surface area (Å²) < 4.78 is 6.43. The molecule has 0 atom stereocenters. The second kappa shape index (κ2) is 6.67. The van der Waals surface area contributed by atoms with Crippen LogP contribution in [0.4, 0.5) is 0 Å². The summed E-state index contributed by atoms with van der Waals surface area (Å²) in [6, 6.07) is 10.3. The first-order valence-electron chi connectivity index (χ1n) is 7.24. The van der Waals surface area contributed by atoms with Crippen molar-refractivity contribution in [3.63, 3.8) is 0 Å². The Kier molecular flexibility index (Phi) is 4.43. The van der Waals surface area contributed by atoms with Gasteiger partial charge in [-0.2, -0.15) is 5.10 Å². The third-order valence-corrected chi connectivity index (χ3v) is 4.22. The molecule has 0 unspecified atom stereocenters. The van der Waals surface area contributed by atoms with Gasteiger partial charge < -0.3 is 9.84 Å². The molecule has 0 aliphatic heterocycles. The normalized spacial score (nSPS) is 10.5. The van der Waals surface area contributed by atoms with Gasteiger partial charge in [-0.1, -0.05) is 6.07 Å². The zero-order valence-corrected chi connectivity index (χ0v) is 13.6. The number of carbonyl (C=O) groups is 2. The quantitative estimate of drug-likeness (QED) is 0.718. The van der Waals surface area contributed by atoms with Gasteiger partial charge in [0, 0.05) is 6.20 Å². The van der Waals surface area contributed by atoms with Crippen molar-refractivity contribution in [1.29, 1.82) is 0 Å². The van der Waals surface area contributed by atoms with Crippen LogP contribution in [0.25, 0.3) is 16.3 Å². The zero-order chi connectivity index (χ0) is 17.1. The number of carboxylic acid groups (broad SMARTS) is 1. The molecule has 1 aromatic carbocycles. The van der Waals surface area contributed by atoms with Crippen molar-refractivity contribution in [2.24, 2.45) is 0 Å². The van der Waals surface area contributed by atoms with Gasteiger partial charge >= 0.3 is 11.9 Å². The zero-order valence-electron chi connectivity index (χ0n) is 12.8. The fraction of sp³-hybridized carbons (Fsp3) is 0.118. The number of rotatable bonds is 5. The number of carboxylic acids is 1. The van der Waals surface area contributed by atoms with Gasteiger partial charge in [0.2, 0.25) is 0 Å². The van der Waals surface area contributed by atoms with Crippen LogP contribution in [0.5, 0.6) is 0 Å². The molecule has 1 N–H and O–H groups in total. The van der Waals surface area contributed by atoms with Crippen LogP contribution in [0.2, 0.25) is 0 Å². The van der Waals surface area contributed by atoms with E-state index in [1.165, 1.54) is 22.2 Å². The smallest absolute Gasteiger partial charge is 0.339 e. The maximum atomic E-state index is 11.7. The summed E-state index contributed by atoms with van der Waals surface area (Å²) in [5, 5.41) is 15.6. The highest BCUT2D eigenvalue weighted by molar-refractivity contribution is 7.13. The molecule has 24 heavy (non-hydrogen) atoms. The predicted octanol–water partition coefficient (Wildman–Crippen LogP) is 3.48. The Labute approximate surface area is 141 Å². The van der Waals surface area contributed by atoms with Crippen LogP contribution in [-0.2, 0) is 4.74 Å². The van der Waals surface area contributed by atoms with Gasteiger partial charge in [0.15, 0.2) is 0 Å². The van der Waals surface area contributed by atoms with Crippen LogP contribution in [0.3, 0.4) is 0 Å². The van der Waals surface area contributed by atoms with E-state index in [0.717, 1.165) is 4.88 Å². The fourth-order valence-electron chi connectivity index (χ4n) is 2.22. The maximum absolute atomic E-state index is 11.7. The molecule has 122 valence electrons. The van der Waals surface area contributed by atoms with Gasteiger partial charge in [-0.05, 0) is 42.6 Å². The molecule has 0 saturated heterocycles. The number of hydrogen-bond acceptors (Lipinski definition) is 5. The highest BCUT2D eigenvalue weighted by Gasteiger charge is 2.18. The summed E-state index contributed by atoms with van der Waals surface area (Å²) in [5.74, 6) is -1.43. The molecular weight excluding hydrogens is 328 g/mol. The van der Waals surface area contributed by atoms with Gasteiger partial charge in [0.1, 0.15) is 11.3 Å². The number of thiophene rings is 1. The monoisotopic (exact) mass is 342 g/mol. The fourth-order valence-corrected chi connectivity index (χ4v) is 2.95. The van der Waals surface area contributed by atoms with Crippen LogP contribution >= 0.6 is 11.3 Å². The van der Waals surface area contributed by atoms with Crippen LogP contribution in [0.1, 0.15) is 27.6 Å². The molecule has 0 fully saturated rings. The van der Waals surface area contributed by atoms with Gasteiger partial charge in [0.05, 0.1) is 22.7 Å². The van der Waals surface area contributed by atoms with E-state index in [4.69, 9.17) is 4.74 Å². The van der Waals surface area contributed by atoms with Crippen LogP contribution in [-0.4, -0.2) is 33.4 Å². The topological polar surface area (TPSA) is 81.4 Å². The van der Waals surface area contributed by atoms with Gasteiger partial charge in [-0.25, -0.2) is 14.3 Å². The summed E-state index contributed by atoms with van der Waals surface area (Å²) >= 11 is 1.43. The van der Waals surface area contributed by atoms with E-state index in [-0.39, 0.29) is 5.56 Å². The van der Waals surface area contributed by atoms with E-state index in [0.29, 0.717) is 23.6 Å². The third-order valence-electron chi connectivity index (χ3n) is 3.34. The number of hydrogen-bond donors (Lipinski definition) is 1. The van der Waals surface area contributed by atoms with E-state index in [9.17, 15) is 14.7 Å². The molecule has 0 bridgehead atoms. The first-order valence-corrected chi connectivity index (χ1v) is 8.12. The molecule has 6 nitrogen and oxygen atoms in total. The molecule has 2 aromatic heterocycles. The van der Waals surface area contributed by atoms with Crippen molar-refractivity contribution in [1.82, 2.24) is 9.78 Å². The SMILES string of the molecule is CCOC(=O)c1ccc(-n2cc(C(=O)O)c(-c3cccs3)n2)cc1. The first kappa shape index (κ1) is 15.9. The summed E-state index contributed by atoms with van der Waals surface area (Å²) in [6.07, 6.45) is 1.47. The molecular formula is C17H14N2O4S. The molecule has 2 heterocycles. The summed E-state index contributed by atoms with van der Waals surface area (Å²) in [6.45, 7) is 2.06. The molecule has 0 saturated carbocycles. The highest BCUT2D eigenvalue weighted by atomic mass is 32.1. The maximum Gasteiger partial charge on any atom is 0.339 e. The summed E-state index contributed by atoms with van der Waals surface area (Å²) in [7, 11) is 0. The molecule has 3 rings (SSSR count). The minimum absolute atomic E-state index is 0.131. The van der Waals surface area contributed by atoms with Gasteiger partial charge in [-0.3, -0.25) is 0 Å². The number of nitrogens with zero attached hydrogens (tertiary/aromatic N) is 2. The Morgan fingerprint density at radius 2 is 2.00 bits per heavy atom. The minimum atomic E-state index is -1.03. The van der Waals surface area contributed by atoms with Crippen molar-refractivity contribution in [2.75, 3.05) is 6.61 Å². The lowest BCUT2D eigenvalue weighted by Gasteiger charge is -2.04. The number of aromatic nitrogens is 2. The second-order valence-electron chi connectivity index (χ2n) is 4.89. The van der Waals surface area contributed by atoms with Crippen molar-refractivity contribution in [2.45, 2.75) is 6.92 Å². The number of benzene rings is 1. The van der Waals surface area contributed by atoms with Crippen LogP contribution in [0.15, 0.2) is 48.0 Å². The van der Waals surface area contributed by atoms with Gasteiger partial charge in [-0.15, -0.1) is 11.3 Å². The van der Waals surface area contributed by atoms with E-state index in [2.05, 4.69) is 5.10 Å². The van der Waals surface area contributed by atoms with Crippen LogP contribution in [0, 0.1) is 0 Å². The first-order chi connectivity index (χ1) is 11.6. The predicted molar refractivity (Wildman–Crippen MR) is 89.8 cm³/mol. The molecule has 3 aromatic rings. The number of ether oxygens (including phenoxy) is 1. The lowest BCUT2D eigenvalue weighted by Crippen LogP contribution is -2.05. The van der Waals surface area contributed by atoms with Gasteiger partial charge in [0.25, 0.3) is 0 Å². The minimum Gasteiger partial charge on any atom is -0.478 e. The summed E-state index contributed by atoms with van der Waals surface area (Å²) in [4.78, 5) is 23.9. The Hall–Kier alpha value is -2.93. The molecule has 0 radical (unpaired) electrons. The lowest BCUT2D eigenvalue weighted by atomic mass is 10.2. The average molecular weight is 342 g/mol. The second-order valence-corrected chi connectivity index (χ2v) is 5.83.